The van der Waals surface area contributed by atoms with E-state index in [0.29, 0.717) is 63.7 Å². The third kappa shape index (κ3) is 4.09. The summed E-state index contributed by atoms with van der Waals surface area (Å²) in [6, 6.07) is 11.4. The first-order valence-corrected chi connectivity index (χ1v) is 10.1. The molecule has 2 aromatic rings. The molecule has 158 valence electrons. The van der Waals surface area contributed by atoms with E-state index in [9.17, 15) is 14.0 Å². The molecule has 0 bridgehead atoms. The Balaban J connectivity index is 1.49. The number of hydrogen-bond donors (Lipinski definition) is 1. The van der Waals surface area contributed by atoms with Crippen molar-refractivity contribution in [2.45, 2.75) is 0 Å². The van der Waals surface area contributed by atoms with Crippen LogP contribution in [0.25, 0.3) is 0 Å². The van der Waals surface area contributed by atoms with E-state index in [0.717, 1.165) is 5.69 Å². The minimum absolute atomic E-state index is 0.0644. The van der Waals surface area contributed by atoms with Gasteiger partial charge >= 0.3 is 0 Å². The van der Waals surface area contributed by atoms with Crippen molar-refractivity contribution in [1.82, 2.24) is 9.80 Å². The highest BCUT2D eigenvalue weighted by Crippen LogP contribution is 2.26. The normalized spacial score (nSPS) is 17.2. The zero-order valence-corrected chi connectivity index (χ0v) is 16.7. The SMILES string of the molecule is Nc1ccc(N2CCN(C(=O)c3ccccc3F)CC2)c(C(=O)N2CCOCC2)c1. The van der Waals surface area contributed by atoms with Gasteiger partial charge in [0.15, 0.2) is 0 Å². The molecular formula is C22H25FN4O3. The van der Waals surface area contributed by atoms with Crippen molar-refractivity contribution in [2.24, 2.45) is 0 Å². The van der Waals surface area contributed by atoms with Gasteiger partial charge in [0.1, 0.15) is 5.82 Å². The quantitative estimate of drug-likeness (QED) is 0.779. The van der Waals surface area contributed by atoms with Crippen molar-refractivity contribution in [3.63, 3.8) is 0 Å². The second-order valence-electron chi connectivity index (χ2n) is 7.44. The number of ether oxygens (including phenoxy) is 1. The molecule has 2 heterocycles. The summed E-state index contributed by atoms with van der Waals surface area (Å²) in [5.74, 6) is -0.887. The van der Waals surface area contributed by atoms with Gasteiger partial charge < -0.3 is 25.2 Å². The molecule has 2 amide bonds. The Morgan fingerprint density at radius 1 is 0.833 bits per heavy atom. The predicted octanol–water partition coefficient (Wildman–Crippen LogP) is 1.84. The molecule has 2 saturated heterocycles. The van der Waals surface area contributed by atoms with Gasteiger partial charge in [-0.3, -0.25) is 9.59 Å². The zero-order chi connectivity index (χ0) is 21.1. The van der Waals surface area contributed by atoms with Gasteiger partial charge in [-0.15, -0.1) is 0 Å². The van der Waals surface area contributed by atoms with Gasteiger partial charge in [-0.05, 0) is 30.3 Å². The molecule has 0 radical (unpaired) electrons. The van der Waals surface area contributed by atoms with Gasteiger partial charge in [0.05, 0.1) is 24.3 Å². The fraction of sp³-hybridized carbons (Fsp3) is 0.364. The summed E-state index contributed by atoms with van der Waals surface area (Å²) < 4.78 is 19.3. The van der Waals surface area contributed by atoms with Crippen molar-refractivity contribution in [2.75, 3.05) is 63.1 Å². The molecule has 30 heavy (non-hydrogen) atoms. The van der Waals surface area contributed by atoms with Crippen molar-refractivity contribution in [1.29, 1.82) is 0 Å². The molecule has 2 aliphatic heterocycles. The molecule has 0 atom stereocenters. The number of piperazine rings is 1. The van der Waals surface area contributed by atoms with Crippen LogP contribution in [0, 0.1) is 5.82 Å². The molecule has 0 aromatic heterocycles. The topological polar surface area (TPSA) is 79.1 Å². The van der Waals surface area contributed by atoms with Crippen LogP contribution in [0.15, 0.2) is 42.5 Å². The molecular weight excluding hydrogens is 387 g/mol. The smallest absolute Gasteiger partial charge is 0.256 e. The van der Waals surface area contributed by atoms with E-state index in [1.54, 1.807) is 34.1 Å². The lowest BCUT2D eigenvalue weighted by Crippen LogP contribution is -2.49. The van der Waals surface area contributed by atoms with Gasteiger partial charge in [-0.25, -0.2) is 4.39 Å². The molecule has 0 saturated carbocycles. The maximum absolute atomic E-state index is 14.0. The van der Waals surface area contributed by atoms with E-state index in [4.69, 9.17) is 10.5 Å². The van der Waals surface area contributed by atoms with Crippen molar-refractivity contribution in [3.8, 4) is 0 Å². The summed E-state index contributed by atoms with van der Waals surface area (Å²) in [4.78, 5) is 31.3. The number of morpholine rings is 1. The van der Waals surface area contributed by atoms with E-state index >= 15 is 0 Å². The standard InChI is InChI=1S/C22H25FN4O3/c23-19-4-2-1-3-17(19)21(28)26-9-7-25(8-10-26)20-6-5-16(24)15-18(20)22(29)27-11-13-30-14-12-27/h1-6,15H,7-14,24H2. The highest BCUT2D eigenvalue weighted by atomic mass is 19.1. The van der Waals surface area contributed by atoms with Crippen LogP contribution in [0.5, 0.6) is 0 Å². The summed E-state index contributed by atoms with van der Waals surface area (Å²) in [6.45, 7) is 4.16. The first-order chi connectivity index (χ1) is 14.5. The first kappa shape index (κ1) is 20.2. The Bertz CT molecular complexity index is 938. The molecule has 7 nitrogen and oxygen atoms in total. The Morgan fingerprint density at radius 2 is 1.47 bits per heavy atom. The van der Waals surface area contributed by atoms with Gasteiger partial charge in [0.25, 0.3) is 11.8 Å². The number of benzene rings is 2. The summed E-state index contributed by atoms with van der Waals surface area (Å²) in [6.07, 6.45) is 0. The van der Waals surface area contributed by atoms with E-state index in [2.05, 4.69) is 4.90 Å². The number of carbonyl (C=O) groups excluding carboxylic acids is 2. The number of hydrogen-bond acceptors (Lipinski definition) is 5. The number of carbonyl (C=O) groups is 2. The van der Waals surface area contributed by atoms with Gasteiger partial charge in [0, 0.05) is 50.6 Å². The molecule has 0 spiro atoms. The Labute approximate surface area is 174 Å². The second-order valence-corrected chi connectivity index (χ2v) is 7.44. The van der Waals surface area contributed by atoms with E-state index in [1.165, 1.54) is 12.1 Å². The van der Waals surface area contributed by atoms with Gasteiger partial charge in [0.2, 0.25) is 0 Å². The van der Waals surface area contributed by atoms with Crippen LogP contribution in [0.2, 0.25) is 0 Å². The summed E-state index contributed by atoms with van der Waals surface area (Å²) >= 11 is 0. The van der Waals surface area contributed by atoms with Crippen LogP contribution in [0.3, 0.4) is 0 Å². The predicted molar refractivity (Wildman–Crippen MR) is 112 cm³/mol. The van der Waals surface area contributed by atoms with Crippen LogP contribution < -0.4 is 10.6 Å². The minimum Gasteiger partial charge on any atom is -0.399 e. The molecule has 0 unspecified atom stereocenters. The molecule has 2 N–H and O–H groups in total. The molecule has 2 aliphatic rings. The number of nitrogens with two attached hydrogens (primary N) is 1. The number of amides is 2. The first-order valence-electron chi connectivity index (χ1n) is 10.1. The van der Waals surface area contributed by atoms with Crippen molar-refractivity contribution >= 4 is 23.2 Å². The summed E-state index contributed by atoms with van der Waals surface area (Å²) in [5, 5.41) is 0. The molecule has 2 fully saturated rings. The minimum atomic E-state index is -0.512. The number of anilines is 2. The van der Waals surface area contributed by atoms with Gasteiger partial charge in [-0.2, -0.15) is 0 Å². The molecule has 4 rings (SSSR count). The Kier molecular flexibility index (Phi) is 5.85. The Morgan fingerprint density at radius 3 is 2.17 bits per heavy atom. The van der Waals surface area contributed by atoms with Crippen LogP contribution in [-0.2, 0) is 4.74 Å². The number of nitrogens with zero attached hydrogens (tertiary/aromatic N) is 3. The van der Waals surface area contributed by atoms with E-state index in [1.807, 2.05) is 6.07 Å². The second kappa shape index (κ2) is 8.71. The average Bonchev–Trinajstić information content (AvgIpc) is 2.79. The van der Waals surface area contributed by atoms with Crippen LogP contribution in [-0.4, -0.2) is 74.1 Å². The Hall–Kier alpha value is -3.13. The van der Waals surface area contributed by atoms with Crippen molar-refractivity contribution in [3.05, 3.63) is 59.4 Å². The lowest BCUT2D eigenvalue weighted by molar-refractivity contribution is 0.0303. The fourth-order valence-corrected chi connectivity index (χ4v) is 3.89. The lowest BCUT2D eigenvalue weighted by Gasteiger charge is -2.37. The summed E-state index contributed by atoms with van der Waals surface area (Å²) in [5.41, 5.74) is 7.94. The molecule has 8 heteroatoms. The number of halogens is 1. The highest BCUT2D eigenvalue weighted by Gasteiger charge is 2.28. The van der Waals surface area contributed by atoms with E-state index < -0.39 is 5.82 Å². The molecule has 0 aliphatic carbocycles. The monoisotopic (exact) mass is 412 g/mol. The van der Waals surface area contributed by atoms with Crippen molar-refractivity contribution < 1.29 is 18.7 Å². The van der Waals surface area contributed by atoms with Gasteiger partial charge in [-0.1, -0.05) is 12.1 Å². The fourth-order valence-electron chi connectivity index (χ4n) is 3.89. The summed E-state index contributed by atoms with van der Waals surface area (Å²) in [7, 11) is 0. The largest absolute Gasteiger partial charge is 0.399 e. The maximum Gasteiger partial charge on any atom is 0.256 e. The zero-order valence-electron chi connectivity index (χ0n) is 16.7. The third-order valence-corrected chi connectivity index (χ3v) is 5.56. The van der Waals surface area contributed by atoms with E-state index in [-0.39, 0.29) is 17.4 Å². The van der Waals surface area contributed by atoms with Crippen LogP contribution in [0.1, 0.15) is 20.7 Å². The van der Waals surface area contributed by atoms with Crippen LogP contribution >= 0.6 is 0 Å². The number of nitrogen functional groups attached to an aromatic ring is 1. The number of rotatable bonds is 3. The van der Waals surface area contributed by atoms with Crippen LogP contribution in [0.4, 0.5) is 15.8 Å². The lowest BCUT2D eigenvalue weighted by atomic mass is 10.1. The third-order valence-electron chi connectivity index (χ3n) is 5.56. The highest BCUT2D eigenvalue weighted by molar-refractivity contribution is 6.01. The molecule has 2 aromatic carbocycles. The average molecular weight is 412 g/mol. The maximum atomic E-state index is 14.0.